The predicted octanol–water partition coefficient (Wildman–Crippen LogP) is 2.65. The lowest BCUT2D eigenvalue weighted by molar-refractivity contribution is -0.116. The number of carbonyl (C=O) groups is 1. The molecule has 0 aromatic heterocycles. The molecule has 1 aromatic rings. The average molecular weight is 283 g/mol. The highest BCUT2D eigenvalue weighted by Crippen LogP contribution is 2.18. The first-order chi connectivity index (χ1) is 9.43. The quantitative estimate of drug-likeness (QED) is 0.789. The van der Waals surface area contributed by atoms with Gasteiger partial charge in [-0.05, 0) is 31.1 Å². The monoisotopic (exact) mass is 283 g/mol. The second-order valence-corrected chi connectivity index (χ2v) is 4.64. The highest BCUT2D eigenvalue weighted by molar-refractivity contribution is 5.94. The molecule has 110 valence electrons. The summed E-state index contributed by atoms with van der Waals surface area (Å²) in [6, 6.07) is 3.20. The molecule has 2 N–H and O–H groups in total. The Morgan fingerprint density at radius 3 is 2.75 bits per heavy atom. The first-order valence-corrected chi connectivity index (χ1v) is 6.53. The summed E-state index contributed by atoms with van der Waals surface area (Å²) >= 11 is 0. The Bertz CT molecular complexity index is 501. The number of allylic oxidation sites excluding steroid dienone is 1. The van der Waals surface area contributed by atoms with Gasteiger partial charge in [0.15, 0.2) is 0 Å². The summed E-state index contributed by atoms with van der Waals surface area (Å²) in [6.45, 7) is 3.66. The number of nitrogens with one attached hydrogen (secondary N) is 1. The Kier molecular flexibility index (Phi) is 6.31. The smallest absolute Gasteiger partial charge is 0.244 e. The molecule has 1 aromatic carbocycles. The lowest BCUT2D eigenvalue weighted by Crippen LogP contribution is -2.30. The van der Waals surface area contributed by atoms with Gasteiger partial charge >= 0.3 is 0 Å². The minimum Gasteiger partial charge on any atom is -0.391 e. The van der Waals surface area contributed by atoms with E-state index in [4.69, 9.17) is 0 Å². The van der Waals surface area contributed by atoms with Crippen LogP contribution in [0.2, 0.25) is 0 Å². The maximum atomic E-state index is 13.5. The molecule has 0 saturated heterocycles. The second kappa shape index (κ2) is 7.75. The Balaban J connectivity index is 2.66. The summed E-state index contributed by atoms with van der Waals surface area (Å²) in [5.74, 6) is -1.79. The van der Waals surface area contributed by atoms with Gasteiger partial charge in [0.05, 0.1) is 6.10 Å². The molecule has 0 aliphatic rings. The van der Waals surface area contributed by atoms with Crippen molar-refractivity contribution in [2.24, 2.45) is 0 Å². The normalized spacial score (nSPS) is 13.2. The number of hydrogen-bond donors (Lipinski definition) is 2. The standard InChI is InChI=1S/C15H19F2NO2/c1-3-4-12(19)9-18-15(20)7-10(2)13-6-5-11(16)8-14(13)17/h5-8,12,19H,3-4,9H2,1-2H3,(H,18,20)/b10-7-. The fourth-order valence-corrected chi connectivity index (χ4v) is 1.79. The van der Waals surface area contributed by atoms with Crippen LogP contribution in [0, 0.1) is 11.6 Å². The Morgan fingerprint density at radius 2 is 2.15 bits per heavy atom. The van der Waals surface area contributed by atoms with Gasteiger partial charge in [-0.25, -0.2) is 8.78 Å². The van der Waals surface area contributed by atoms with E-state index in [2.05, 4.69) is 5.32 Å². The first-order valence-electron chi connectivity index (χ1n) is 6.53. The van der Waals surface area contributed by atoms with E-state index < -0.39 is 23.6 Å². The molecule has 3 nitrogen and oxygen atoms in total. The molecule has 0 spiro atoms. The Hall–Kier alpha value is -1.75. The van der Waals surface area contributed by atoms with Crippen LogP contribution in [0.25, 0.3) is 5.57 Å². The van der Waals surface area contributed by atoms with Crippen LogP contribution in [0.15, 0.2) is 24.3 Å². The molecular formula is C15H19F2NO2. The number of rotatable bonds is 6. The van der Waals surface area contributed by atoms with E-state index >= 15 is 0 Å². The van der Waals surface area contributed by atoms with Crippen molar-refractivity contribution in [3.63, 3.8) is 0 Å². The van der Waals surface area contributed by atoms with Crippen LogP contribution in [-0.4, -0.2) is 23.7 Å². The summed E-state index contributed by atoms with van der Waals surface area (Å²) in [7, 11) is 0. The van der Waals surface area contributed by atoms with Crippen LogP contribution in [0.5, 0.6) is 0 Å². The van der Waals surface area contributed by atoms with Gasteiger partial charge in [-0.15, -0.1) is 0 Å². The highest BCUT2D eigenvalue weighted by atomic mass is 19.1. The van der Waals surface area contributed by atoms with Crippen molar-refractivity contribution in [2.45, 2.75) is 32.8 Å². The summed E-state index contributed by atoms with van der Waals surface area (Å²) in [4.78, 5) is 11.6. The highest BCUT2D eigenvalue weighted by Gasteiger charge is 2.08. The largest absolute Gasteiger partial charge is 0.391 e. The third-order valence-corrected chi connectivity index (χ3v) is 2.84. The van der Waals surface area contributed by atoms with Gasteiger partial charge in [-0.2, -0.15) is 0 Å². The number of aliphatic hydroxyl groups is 1. The molecule has 1 atom stereocenters. The van der Waals surface area contributed by atoms with Gasteiger partial charge in [-0.3, -0.25) is 4.79 Å². The topological polar surface area (TPSA) is 49.3 Å². The lowest BCUT2D eigenvalue weighted by Gasteiger charge is -2.10. The fraction of sp³-hybridized carbons (Fsp3) is 0.400. The molecule has 0 aliphatic carbocycles. The average Bonchev–Trinajstić information content (AvgIpc) is 2.36. The molecule has 0 fully saturated rings. The zero-order valence-corrected chi connectivity index (χ0v) is 11.6. The van der Waals surface area contributed by atoms with Crippen molar-refractivity contribution < 1.29 is 18.7 Å². The lowest BCUT2D eigenvalue weighted by atomic mass is 10.1. The molecule has 0 bridgehead atoms. The molecule has 0 saturated carbocycles. The molecular weight excluding hydrogens is 264 g/mol. The minimum absolute atomic E-state index is 0.155. The van der Waals surface area contributed by atoms with Crippen LogP contribution < -0.4 is 5.32 Å². The zero-order chi connectivity index (χ0) is 15.1. The van der Waals surface area contributed by atoms with Crippen molar-refractivity contribution in [3.8, 4) is 0 Å². The number of amides is 1. The molecule has 1 rings (SSSR count). The summed E-state index contributed by atoms with van der Waals surface area (Å²) in [6.07, 6.45) is 2.08. The van der Waals surface area contributed by atoms with Gasteiger partial charge in [0.25, 0.3) is 0 Å². The number of halogens is 2. The van der Waals surface area contributed by atoms with Crippen LogP contribution in [-0.2, 0) is 4.79 Å². The zero-order valence-electron chi connectivity index (χ0n) is 11.6. The van der Waals surface area contributed by atoms with Crippen LogP contribution in [0.1, 0.15) is 32.3 Å². The van der Waals surface area contributed by atoms with Gasteiger partial charge in [-0.1, -0.05) is 13.3 Å². The third-order valence-electron chi connectivity index (χ3n) is 2.84. The number of benzene rings is 1. The molecule has 0 radical (unpaired) electrons. The summed E-state index contributed by atoms with van der Waals surface area (Å²) in [5.41, 5.74) is 0.570. The van der Waals surface area contributed by atoms with Gasteiger partial charge in [0.1, 0.15) is 11.6 Å². The summed E-state index contributed by atoms with van der Waals surface area (Å²) < 4.78 is 26.3. The van der Waals surface area contributed by atoms with E-state index in [1.54, 1.807) is 6.92 Å². The van der Waals surface area contributed by atoms with E-state index in [0.717, 1.165) is 18.6 Å². The van der Waals surface area contributed by atoms with Gasteiger partial charge < -0.3 is 10.4 Å². The van der Waals surface area contributed by atoms with E-state index in [1.165, 1.54) is 12.1 Å². The van der Waals surface area contributed by atoms with E-state index in [0.29, 0.717) is 12.0 Å². The van der Waals surface area contributed by atoms with E-state index in [-0.39, 0.29) is 12.1 Å². The predicted molar refractivity (Wildman–Crippen MR) is 73.9 cm³/mol. The molecule has 0 heterocycles. The molecule has 20 heavy (non-hydrogen) atoms. The fourth-order valence-electron chi connectivity index (χ4n) is 1.79. The molecule has 5 heteroatoms. The molecule has 0 aliphatic heterocycles. The van der Waals surface area contributed by atoms with E-state index in [9.17, 15) is 18.7 Å². The number of hydrogen-bond acceptors (Lipinski definition) is 2. The van der Waals surface area contributed by atoms with Crippen molar-refractivity contribution >= 4 is 11.5 Å². The number of carbonyl (C=O) groups excluding carboxylic acids is 1. The van der Waals surface area contributed by atoms with Gasteiger partial charge in [0, 0.05) is 24.3 Å². The maximum Gasteiger partial charge on any atom is 0.244 e. The SMILES string of the molecule is CCCC(O)CNC(=O)/C=C(/C)c1ccc(F)cc1F. The van der Waals surface area contributed by atoms with Gasteiger partial charge in [0.2, 0.25) is 5.91 Å². The van der Waals surface area contributed by atoms with Crippen molar-refractivity contribution in [1.82, 2.24) is 5.32 Å². The third kappa shape index (κ3) is 5.09. The van der Waals surface area contributed by atoms with Crippen molar-refractivity contribution in [1.29, 1.82) is 0 Å². The molecule has 1 amide bonds. The molecule has 1 unspecified atom stereocenters. The number of aliphatic hydroxyl groups excluding tert-OH is 1. The maximum absolute atomic E-state index is 13.5. The Labute approximate surface area is 117 Å². The second-order valence-electron chi connectivity index (χ2n) is 4.64. The minimum atomic E-state index is -0.711. The van der Waals surface area contributed by atoms with Crippen LogP contribution >= 0.6 is 0 Å². The van der Waals surface area contributed by atoms with Crippen molar-refractivity contribution in [2.75, 3.05) is 6.54 Å². The van der Waals surface area contributed by atoms with Crippen molar-refractivity contribution in [3.05, 3.63) is 41.5 Å². The van der Waals surface area contributed by atoms with E-state index in [1.807, 2.05) is 6.92 Å². The van der Waals surface area contributed by atoms with Crippen LogP contribution in [0.3, 0.4) is 0 Å². The Morgan fingerprint density at radius 1 is 1.45 bits per heavy atom. The van der Waals surface area contributed by atoms with Crippen LogP contribution in [0.4, 0.5) is 8.78 Å². The first kappa shape index (κ1) is 16.3. The summed E-state index contributed by atoms with van der Waals surface area (Å²) in [5, 5.41) is 12.0.